The third-order valence-electron chi connectivity index (χ3n) is 4.11. The van der Waals surface area contributed by atoms with Gasteiger partial charge in [-0.2, -0.15) is 13.9 Å². The molecule has 0 radical (unpaired) electrons. The van der Waals surface area contributed by atoms with Crippen molar-refractivity contribution in [2.75, 3.05) is 6.61 Å². The molecule has 1 aromatic carbocycles. The van der Waals surface area contributed by atoms with Crippen molar-refractivity contribution in [3.8, 4) is 5.75 Å². The van der Waals surface area contributed by atoms with Crippen LogP contribution in [-0.2, 0) is 17.9 Å². The van der Waals surface area contributed by atoms with E-state index in [0.29, 0.717) is 13.1 Å². The number of nitrogens with zero attached hydrogens (tertiary/aromatic N) is 4. The molecule has 0 fully saturated rings. The number of rotatable bonds is 6. The molecule has 1 amide bonds. The van der Waals surface area contributed by atoms with Gasteiger partial charge in [0.25, 0.3) is 0 Å². The van der Waals surface area contributed by atoms with E-state index < -0.39 is 6.61 Å². The average molecular weight is 452 g/mol. The van der Waals surface area contributed by atoms with Gasteiger partial charge < -0.3 is 14.7 Å². The van der Waals surface area contributed by atoms with Crippen molar-refractivity contribution in [1.29, 1.82) is 0 Å². The molecule has 0 atom stereocenters. The van der Waals surface area contributed by atoms with Crippen LogP contribution in [-0.4, -0.2) is 43.3 Å². The van der Waals surface area contributed by atoms with Crippen molar-refractivity contribution in [3.05, 3.63) is 72.1 Å². The van der Waals surface area contributed by atoms with Crippen LogP contribution in [0.3, 0.4) is 0 Å². The lowest BCUT2D eigenvalue weighted by atomic mass is 10.3. The van der Waals surface area contributed by atoms with Crippen LogP contribution in [0.4, 0.5) is 13.2 Å². The summed E-state index contributed by atoms with van der Waals surface area (Å²) in [7, 11) is 0. The Bertz CT molecular complexity index is 964. The fraction of sp³-hybridized carbons (Fsp3) is 0.250. The fourth-order valence-corrected chi connectivity index (χ4v) is 3.53. The van der Waals surface area contributed by atoms with E-state index in [9.17, 15) is 18.0 Å². The van der Waals surface area contributed by atoms with Crippen LogP contribution >= 0.6 is 11.9 Å². The first kappa shape index (κ1) is 22.6. The van der Waals surface area contributed by atoms with Gasteiger partial charge >= 0.3 is 6.61 Å². The zero-order chi connectivity index (χ0) is 22.2. The highest BCUT2D eigenvalue weighted by Gasteiger charge is 2.26. The van der Waals surface area contributed by atoms with E-state index in [1.165, 1.54) is 42.5 Å². The molecule has 0 saturated carbocycles. The van der Waals surface area contributed by atoms with Gasteiger partial charge in [-0.25, -0.2) is 8.48 Å². The number of alkyl halides is 2. The summed E-state index contributed by atoms with van der Waals surface area (Å²) in [6.45, 7) is -2.08. The molecule has 1 N–H and O–H groups in total. The number of aliphatic hydroxyl groups is 1. The molecule has 0 bridgehead atoms. The average Bonchev–Trinajstić information content (AvgIpc) is 3.29. The van der Waals surface area contributed by atoms with Crippen LogP contribution in [0.5, 0.6) is 5.75 Å². The number of hydrogen-bond acceptors (Lipinski definition) is 6. The first-order valence-corrected chi connectivity index (χ1v) is 9.96. The summed E-state index contributed by atoms with van der Waals surface area (Å²) in [5.41, 5.74) is 1.79. The second-order valence-electron chi connectivity index (χ2n) is 6.34. The number of aromatic nitrogens is 3. The van der Waals surface area contributed by atoms with Crippen molar-refractivity contribution in [2.45, 2.75) is 31.0 Å². The van der Waals surface area contributed by atoms with Crippen molar-refractivity contribution < 1.29 is 27.8 Å². The van der Waals surface area contributed by atoms with Crippen molar-refractivity contribution in [2.24, 2.45) is 0 Å². The van der Waals surface area contributed by atoms with E-state index in [1.807, 2.05) is 6.20 Å². The Kier molecular flexibility index (Phi) is 7.90. The molecule has 0 spiro atoms. The Balaban J connectivity index is 0.000000330. The summed E-state index contributed by atoms with van der Waals surface area (Å²) in [6.07, 6.45) is 4.66. The second kappa shape index (κ2) is 10.8. The maximum Gasteiger partial charge on any atom is 0.387 e. The number of aliphatic hydroxyl groups excluding tert-OH is 1. The Hall–Kier alpha value is -3.05. The molecule has 0 saturated heterocycles. The quantitative estimate of drug-likeness (QED) is 0.617. The third-order valence-corrected chi connectivity index (χ3v) is 4.97. The zero-order valence-corrected chi connectivity index (χ0v) is 17.0. The number of carbonyl (C=O) groups excluding carboxylic acids is 1. The minimum atomic E-state index is -2.84. The number of halogens is 3. The van der Waals surface area contributed by atoms with E-state index in [-0.39, 0.29) is 30.5 Å². The highest BCUT2D eigenvalue weighted by Crippen LogP contribution is 2.28. The van der Waals surface area contributed by atoms with E-state index >= 15 is 0 Å². The van der Waals surface area contributed by atoms with E-state index in [0.717, 1.165) is 16.2 Å². The zero-order valence-electron chi connectivity index (χ0n) is 16.2. The second-order valence-corrected chi connectivity index (χ2v) is 7.37. The SMILES string of the molecule is Fc1cccnc1.O=C(CCO)N1Cc2cn(Sc3ccc(OC(F)F)cc3)nc2C1. The molecule has 7 nitrogen and oxygen atoms in total. The van der Waals surface area contributed by atoms with Gasteiger partial charge in [-0.15, -0.1) is 0 Å². The summed E-state index contributed by atoms with van der Waals surface area (Å²) in [5.74, 6) is -0.276. The highest BCUT2D eigenvalue weighted by molar-refractivity contribution is 7.97. The Morgan fingerprint density at radius 2 is 2.00 bits per heavy atom. The third kappa shape index (κ3) is 6.72. The molecular weight excluding hydrogens is 433 g/mol. The maximum absolute atomic E-state index is 12.1. The molecule has 4 rings (SSSR count). The normalized spacial score (nSPS) is 12.4. The number of hydrogen-bond donors (Lipinski definition) is 1. The van der Waals surface area contributed by atoms with Crippen molar-refractivity contribution in [1.82, 2.24) is 19.1 Å². The van der Waals surface area contributed by atoms with Gasteiger partial charge in [0.15, 0.2) is 0 Å². The van der Waals surface area contributed by atoms with Gasteiger partial charge in [0.2, 0.25) is 5.91 Å². The Morgan fingerprint density at radius 3 is 2.55 bits per heavy atom. The van der Waals surface area contributed by atoms with Crippen LogP contribution in [0.1, 0.15) is 17.7 Å². The summed E-state index contributed by atoms with van der Waals surface area (Å²) < 4.78 is 42.1. The minimum absolute atomic E-state index is 0.0932. The number of benzene rings is 1. The topological polar surface area (TPSA) is 80.5 Å². The molecule has 0 unspecified atom stereocenters. The lowest BCUT2D eigenvalue weighted by Crippen LogP contribution is -2.26. The van der Waals surface area contributed by atoms with E-state index in [1.54, 1.807) is 27.2 Å². The van der Waals surface area contributed by atoms with Crippen molar-refractivity contribution >= 4 is 17.9 Å². The van der Waals surface area contributed by atoms with Gasteiger partial charge in [-0.05, 0) is 36.4 Å². The molecule has 1 aliphatic heterocycles. The summed E-state index contributed by atoms with van der Waals surface area (Å²) in [6, 6.07) is 9.20. The Labute approximate surface area is 180 Å². The van der Waals surface area contributed by atoms with Crippen LogP contribution in [0.2, 0.25) is 0 Å². The number of ether oxygens (including phenoxy) is 1. The van der Waals surface area contributed by atoms with E-state index in [4.69, 9.17) is 5.11 Å². The smallest absolute Gasteiger partial charge is 0.387 e. The summed E-state index contributed by atoms with van der Waals surface area (Å²) >= 11 is 1.34. The molecule has 164 valence electrons. The van der Waals surface area contributed by atoms with Crippen LogP contribution in [0, 0.1) is 5.82 Å². The first-order valence-electron chi connectivity index (χ1n) is 9.19. The van der Waals surface area contributed by atoms with Gasteiger partial charge in [-0.3, -0.25) is 9.78 Å². The molecule has 0 aliphatic carbocycles. The Morgan fingerprint density at radius 1 is 1.23 bits per heavy atom. The molecule has 31 heavy (non-hydrogen) atoms. The van der Waals surface area contributed by atoms with E-state index in [2.05, 4.69) is 14.8 Å². The lowest BCUT2D eigenvalue weighted by molar-refractivity contribution is -0.132. The van der Waals surface area contributed by atoms with Gasteiger partial charge in [0.05, 0.1) is 25.0 Å². The summed E-state index contributed by atoms with van der Waals surface area (Å²) in [4.78, 5) is 17.7. The monoisotopic (exact) mass is 452 g/mol. The molecule has 1 aliphatic rings. The van der Waals surface area contributed by atoms with Crippen LogP contribution < -0.4 is 4.74 Å². The fourth-order valence-electron chi connectivity index (χ4n) is 2.74. The van der Waals surface area contributed by atoms with Crippen LogP contribution in [0.15, 0.2) is 59.9 Å². The molecule has 3 aromatic rings. The first-order chi connectivity index (χ1) is 14.9. The molecule has 3 heterocycles. The standard InChI is InChI=1S/C15H15F2N3O3S.C5H4FN/c16-15(17)23-11-1-3-12(4-2-11)24-20-8-10-7-19(9-13(10)18-20)14(22)5-6-21;6-5-2-1-3-7-4-5/h1-4,8,15,21H,5-7,9H2;1-4H. The minimum Gasteiger partial charge on any atom is -0.435 e. The molecule has 11 heteroatoms. The number of amides is 1. The largest absolute Gasteiger partial charge is 0.435 e. The number of carbonyl (C=O) groups is 1. The van der Waals surface area contributed by atoms with Gasteiger partial charge in [0.1, 0.15) is 11.6 Å². The van der Waals surface area contributed by atoms with Crippen molar-refractivity contribution in [3.63, 3.8) is 0 Å². The van der Waals surface area contributed by atoms with Gasteiger partial charge in [0, 0.05) is 47.8 Å². The van der Waals surface area contributed by atoms with Crippen LogP contribution in [0.25, 0.3) is 0 Å². The predicted molar refractivity (Wildman–Crippen MR) is 107 cm³/mol. The highest BCUT2D eigenvalue weighted by atomic mass is 32.2. The molecular formula is C20H19F3N4O3S. The molecule has 2 aromatic heterocycles. The lowest BCUT2D eigenvalue weighted by Gasteiger charge is -2.14. The number of pyridine rings is 1. The van der Waals surface area contributed by atoms with Gasteiger partial charge in [-0.1, -0.05) is 0 Å². The number of fused-ring (bicyclic) bond motifs is 1. The summed E-state index contributed by atoms with van der Waals surface area (Å²) in [5, 5.41) is 13.2. The maximum atomic E-state index is 12.1. The predicted octanol–water partition coefficient (Wildman–Crippen LogP) is 3.49.